The molecule has 1 saturated heterocycles. The van der Waals surface area contributed by atoms with Crippen LogP contribution in [0.1, 0.15) is 30.8 Å². The number of carbonyl (C=O) groups excluding carboxylic acids is 1. The average molecular weight is 406 g/mol. The Balaban J connectivity index is 1.38. The van der Waals surface area contributed by atoms with Gasteiger partial charge in [-0.1, -0.05) is 6.92 Å². The molecule has 1 aliphatic carbocycles. The minimum absolute atomic E-state index is 0.0496. The number of hydrogen-bond acceptors (Lipinski definition) is 6. The maximum atomic E-state index is 12.8. The van der Waals surface area contributed by atoms with Crippen LogP contribution >= 0.6 is 0 Å². The predicted molar refractivity (Wildman–Crippen MR) is 111 cm³/mol. The van der Waals surface area contributed by atoms with Crippen molar-refractivity contribution in [1.29, 1.82) is 5.26 Å². The van der Waals surface area contributed by atoms with Crippen LogP contribution in [-0.2, 0) is 4.79 Å². The van der Waals surface area contributed by atoms with Gasteiger partial charge in [0.15, 0.2) is 0 Å². The highest BCUT2D eigenvalue weighted by Gasteiger charge is 2.36. The van der Waals surface area contributed by atoms with E-state index < -0.39 is 4.92 Å². The Morgan fingerprint density at radius 3 is 2.43 bits per heavy atom. The zero-order chi connectivity index (χ0) is 21.3. The fourth-order valence-electron chi connectivity index (χ4n) is 3.77. The summed E-state index contributed by atoms with van der Waals surface area (Å²) >= 11 is 0. The Bertz CT molecular complexity index is 1030. The maximum Gasteiger partial charge on any atom is 0.269 e. The summed E-state index contributed by atoms with van der Waals surface area (Å²) in [5.41, 5.74) is 0.985. The van der Waals surface area contributed by atoms with Crippen LogP contribution in [0.15, 0.2) is 46.4 Å². The second kappa shape index (κ2) is 8.03. The molecular formula is C22H22N4O4. The molecule has 0 spiro atoms. The first kappa shape index (κ1) is 19.7. The largest absolute Gasteiger partial charge is 0.461 e. The lowest BCUT2D eigenvalue weighted by molar-refractivity contribution is -0.384. The minimum Gasteiger partial charge on any atom is -0.461 e. The molecule has 1 aliphatic heterocycles. The van der Waals surface area contributed by atoms with Crippen molar-refractivity contribution < 1.29 is 14.1 Å². The van der Waals surface area contributed by atoms with Gasteiger partial charge in [-0.25, -0.2) is 0 Å². The van der Waals surface area contributed by atoms with Crippen molar-refractivity contribution in [3.8, 4) is 6.07 Å². The van der Waals surface area contributed by atoms with Crippen LogP contribution in [0.3, 0.4) is 0 Å². The smallest absolute Gasteiger partial charge is 0.269 e. The molecule has 8 heteroatoms. The number of carbonyl (C=O) groups is 1. The van der Waals surface area contributed by atoms with Crippen LogP contribution in [0.4, 0.5) is 11.4 Å². The molecule has 154 valence electrons. The summed E-state index contributed by atoms with van der Waals surface area (Å²) in [4.78, 5) is 26.9. The molecule has 0 unspecified atom stereocenters. The van der Waals surface area contributed by atoms with Crippen molar-refractivity contribution in [1.82, 2.24) is 4.90 Å². The van der Waals surface area contributed by atoms with Gasteiger partial charge in [0.25, 0.3) is 11.6 Å². The van der Waals surface area contributed by atoms with E-state index in [1.165, 1.54) is 18.2 Å². The maximum absolute atomic E-state index is 12.8. The molecule has 8 nitrogen and oxygen atoms in total. The molecule has 0 radical (unpaired) electrons. The SMILES string of the molecule is C[C@H]1C[C@H]1c1ccc(/C=C(\C#N)C(=O)N2CCN(c3ccc([N+](=O)[O-])cc3)CC2)o1. The van der Waals surface area contributed by atoms with E-state index in [0.717, 1.165) is 17.9 Å². The monoisotopic (exact) mass is 406 g/mol. The van der Waals surface area contributed by atoms with Gasteiger partial charge in [0, 0.05) is 56.0 Å². The fraction of sp³-hybridized carbons (Fsp3) is 0.364. The third-order valence-corrected chi connectivity index (χ3v) is 5.75. The molecular weight excluding hydrogens is 384 g/mol. The molecule has 2 atom stereocenters. The van der Waals surface area contributed by atoms with Crippen LogP contribution in [0, 0.1) is 27.4 Å². The molecule has 2 aromatic rings. The molecule has 1 amide bonds. The second-order valence-electron chi connectivity index (χ2n) is 7.78. The summed E-state index contributed by atoms with van der Waals surface area (Å²) in [5, 5.41) is 20.3. The summed E-state index contributed by atoms with van der Waals surface area (Å²) < 4.78 is 5.79. The van der Waals surface area contributed by atoms with Crippen molar-refractivity contribution in [3.63, 3.8) is 0 Å². The Hall–Kier alpha value is -3.60. The number of nitro benzene ring substituents is 1. The average Bonchev–Trinajstić information content (AvgIpc) is 3.31. The Morgan fingerprint density at radius 2 is 1.87 bits per heavy atom. The zero-order valence-corrected chi connectivity index (χ0v) is 16.7. The van der Waals surface area contributed by atoms with E-state index in [1.54, 1.807) is 23.1 Å². The van der Waals surface area contributed by atoms with Gasteiger partial charge in [0.05, 0.1) is 4.92 Å². The first-order valence-electron chi connectivity index (χ1n) is 9.96. The number of anilines is 1. The van der Waals surface area contributed by atoms with Crippen molar-refractivity contribution in [2.24, 2.45) is 5.92 Å². The Labute approximate surface area is 174 Å². The van der Waals surface area contributed by atoms with Crippen LogP contribution in [0.5, 0.6) is 0 Å². The summed E-state index contributed by atoms with van der Waals surface area (Å²) in [7, 11) is 0. The van der Waals surface area contributed by atoms with Gasteiger partial charge in [-0.15, -0.1) is 0 Å². The summed E-state index contributed by atoms with van der Waals surface area (Å²) in [6.45, 7) is 4.29. The van der Waals surface area contributed by atoms with Crippen LogP contribution in [-0.4, -0.2) is 41.9 Å². The first-order valence-corrected chi connectivity index (χ1v) is 9.96. The second-order valence-corrected chi connectivity index (χ2v) is 7.78. The fourth-order valence-corrected chi connectivity index (χ4v) is 3.77. The highest BCUT2D eigenvalue weighted by molar-refractivity contribution is 6.01. The lowest BCUT2D eigenvalue weighted by Gasteiger charge is -2.36. The lowest BCUT2D eigenvalue weighted by Crippen LogP contribution is -2.49. The third kappa shape index (κ3) is 4.06. The zero-order valence-electron chi connectivity index (χ0n) is 16.7. The molecule has 0 N–H and O–H groups in total. The van der Waals surface area contributed by atoms with Crippen molar-refractivity contribution >= 4 is 23.4 Å². The van der Waals surface area contributed by atoms with Gasteiger partial charge in [-0.2, -0.15) is 5.26 Å². The van der Waals surface area contributed by atoms with Crippen LogP contribution in [0.2, 0.25) is 0 Å². The number of rotatable bonds is 5. The Morgan fingerprint density at radius 1 is 1.20 bits per heavy atom. The number of non-ortho nitro benzene ring substituents is 1. The number of furan rings is 1. The van der Waals surface area contributed by atoms with Gasteiger partial charge in [-0.3, -0.25) is 14.9 Å². The molecule has 1 aromatic heterocycles. The molecule has 4 rings (SSSR count). The van der Waals surface area contributed by atoms with Crippen LogP contribution in [0.25, 0.3) is 6.08 Å². The van der Waals surface area contributed by atoms with Crippen molar-refractivity contribution in [2.45, 2.75) is 19.3 Å². The third-order valence-electron chi connectivity index (χ3n) is 5.75. The van der Waals surface area contributed by atoms with Crippen molar-refractivity contribution in [2.75, 3.05) is 31.1 Å². The number of benzene rings is 1. The Kier molecular flexibility index (Phi) is 5.27. The first-order chi connectivity index (χ1) is 14.5. The van der Waals surface area contributed by atoms with E-state index in [4.69, 9.17) is 4.42 Å². The predicted octanol–water partition coefficient (Wildman–Crippen LogP) is 3.57. The minimum atomic E-state index is -0.427. The van der Waals surface area contributed by atoms with Gasteiger partial charge >= 0.3 is 0 Å². The lowest BCUT2D eigenvalue weighted by atomic mass is 10.2. The summed E-state index contributed by atoms with van der Waals surface area (Å²) in [6, 6.07) is 12.1. The van der Waals surface area contributed by atoms with E-state index in [0.29, 0.717) is 43.8 Å². The molecule has 1 aromatic carbocycles. The number of nitrogens with zero attached hydrogens (tertiary/aromatic N) is 4. The highest BCUT2D eigenvalue weighted by Crippen LogP contribution is 2.47. The number of amides is 1. The topological polar surface area (TPSA) is 104 Å². The molecule has 2 fully saturated rings. The van der Waals surface area contributed by atoms with E-state index >= 15 is 0 Å². The number of nitriles is 1. The normalized spacial score (nSPS) is 21.3. The van der Waals surface area contributed by atoms with Crippen LogP contribution < -0.4 is 4.90 Å². The molecule has 0 bridgehead atoms. The molecule has 2 heterocycles. The number of piperazine rings is 1. The van der Waals surface area contributed by atoms with E-state index in [1.807, 2.05) is 12.1 Å². The van der Waals surface area contributed by atoms with E-state index in [-0.39, 0.29) is 17.2 Å². The van der Waals surface area contributed by atoms with Gasteiger partial charge in [-0.05, 0) is 36.6 Å². The standard InChI is InChI=1S/C22H22N4O4/c1-15-12-20(15)21-7-6-19(30-21)13-16(14-23)22(27)25-10-8-24(9-11-25)17-2-4-18(5-3-17)26(28)29/h2-7,13,15,20H,8-12H2,1H3/b16-13+/t15-,20+/m0/s1. The number of hydrogen-bond donors (Lipinski definition) is 0. The van der Waals surface area contributed by atoms with Gasteiger partial charge in [0.1, 0.15) is 23.2 Å². The number of nitro groups is 1. The summed E-state index contributed by atoms with van der Waals surface area (Å²) in [5.74, 6) is 2.20. The van der Waals surface area contributed by atoms with E-state index in [2.05, 4.69) is 11.8 Å². The van der Waals surface area contributed by atoms with E-state index in [9.17, 15) is 20.2 Å². The van der Waals surface area contributed by atoms with Gasteiger partial charge in [0.2, 0.25) is 0 Å². The van der Waals surface area contributed by atoms with Crippen molar-refractivity contribution in [3.05, 3.63) is 63.6 Å². The molecule has 30 heavy (non-hydrogen) atoms. The summed E-state index contributed by atoms with van der Waals surface area (Å²) in [6.07, 6.45) is 2.63. The quantitative estimate of drug-likeness (QED) is 0.325. The highest BCUT2D eigenvalue weighted by atomic mass is 16.6. The molecule has 2 aliphatic rings. The molecule has 1 saturated carbocycles. The van der Waals surface area contributed by atoms with Gasteiger partial charge < -0.3 is 14.2 Å².